The third-order valence-corrected chi connectivity index (χ3v) is 2.47. The molecule has 5 N–H and O–H groups in total. The van der Waals surface area contributed by atoms with Gasteiger partial charge in [-0.25, -0.2) is 15.5 Å². The fraction of sp³-hybridized carbons (Fsp3) is 0. The molecule has 0 aliphatic rings. The topological polar surface area (TPSA) is 99.6 Å². The Morgan fingerprint density at radius 3 is 2.50 bits per heavy atom. The first-order chi connectivity index (χ1) is 7.39. The Kier molecular flexibility index (Phi) is 4.52. The van der Waals surface area contributed by atoms with Gasteiger partial charge in [-0.1, -0.05) is 11.6 Å². The number of hydroxylamine groups is 1. The summed E-state index contributed by atoms with van der Waals surface area (Å²) in [7, 11) is -3.81. The number of benzene rings is 1. The van der Waals surface area contributed by atoms with Crippen molar-refractivity contribution in [3.63, 3.8) is 0 Å². The molecule has 0 aliphatic heterocycles. The molecule has 0 saturated heterocycles. The molecule has 1 aromatic rings. The van der Waals surface area contributed by atoms with Crippen LogP contribution in [0.25, 0.3) is 0 Å². The van der Waals surface area contributed by atoms with E-state index >= 15 is 0 Å². The molecule has 0 saturated carbocycles. The molecule has 0 radical (unpaired) electrons. The van der Waals surface area contributed by atoms with Crippen LogP contribution in [0.15, 0.2) is 24.3 Å². The smallest absolute Gasteiger partial charge is 0.412 e. The average Bonchev–Trinajstić information content (AvgIpc) is 2.19. The lowest BCUT2D eigenvalue weighted by Crippen LogP contribution is -2.30. The summed E-state index contributed by atoms with van der Waals surface area (Å²) >= 11 is 10.1. The van der Waals surface area contributed by atoms with E-state index in [4.69, 9.17) is 27.4 Å². The Hall–Kier alpha value is -0.850. The van der Waals surface area contributed by atoms with E-state index in [1.165, 1.54) is 12.1 Å². The number of hydrogen-bond donors (Lipinski definition) is 3. The average molecular weight is 282 g/mol. The summed E-state index contributed by atoms with van der Waals surface area (Å²) in [5.74, 6) is 0.250. The Morgan fingerprint density at radius 2 is 2.00 bits per heavy atom. The minimum Gasteiger partial charge on any atom is -0.412 e. The maximum atomic E-state index is 11.5. The summed E-state index contributed by atoms with van der Waals surface area (Å²) in [4.78, 5) is 0. The van der Waals surface area contributed by atoms with Crippen molar-refractivity contribution >= 4 is 36.7 Å². The summed E-state index contributed by atoms with van der Waals surface area (Å²) < 4.78 is 20.9. The molecule has 1 aromatic carbocycles. The van der Waals surface area contributed by atoms with Gasteiger partial charge in [0, 0.05) is 5.02 Å². The normalized spacial score (nSPS) is 13.9. The molecule has 88 valence electrons. The molecule has 0 heterocycles. The molecule has 1 rings (SSSR count). The van der Waals surface area contributed by atoms with Gasteiger partial charge in [0.1, 0.15) is 5.75 Å². The fourth-order valence-corrected chi connectivity index (χ4v) is 1.68. The van der Waals surface area contributed by atoms with Gasteiger partial charge in [0.2, 0.25) is 0 Å². The summed E-state index contributed by atoms with van der Waals surface area (Å²) in [5.41, 5.74) is 12.3. The lowest BCUT2D eigenvalue weighted by atomic mass is 10.3. The van der Waals surface area contributed by atoms with Crippen LogP contribution < -0.4 is 21.2 Å². The number of thiocarbonyl (C=S) groups is 1. The molecule has 0 amide bonds. The SMILES string of the molecule is NC(=S)NOP(N)(=O)Oc1ccc(Cl)cc1. The Balaban J connectivity index is 2.61. The molecular weight excluding hydrogens is 273 g/mol. The summed E-state index contributed by atoms with van der Waals surface area (Å²) in [5, 5.41) is 0.312. The summed E-state index contributed by atoms with van der Waals surface area (Å²) in [6, 6.07) is 6.09. The molecule has 6 nitrogen and oxygen atoms in total. The summed E-state index contributed by atoms with van der Waals surface area (Å²) in [6.45, 7) is 0. The van der Waals surface area contributed by atoms with E-state index in [-0.39, 0.29) is 10.9 Å². The Bertz CT molecular complexity index is 427. The van der Waals surface area contributed by atoms with Crippen molar-refractivity contribution in [1.82, 2.24) is 5.48 Å². The van der Waals surface area contributed by atoms with Crippen molar-refractivity contribution in [2.45, 2.75) is 0 Å². The van der Waals surface area contributed by atoms with Crippen LogP contribution >= 0.6 is 31.6 Å². The number of rotatable bonds is 4. The molecule has 0 fully saturated rings. The van der Waals surface area contributed by atoms with E-state index in [2.05, 4.69) is 16.8 Å². The van der Waals surface area contributed by atoms with Gasteiger partial charge in [0.25, 0.3) is 0 Å². The maximum absolute atomic E-state index is 11.5. The Labute approximate surface area is 102 Å². The van der Waals surface area contributed by atoms with Gasteiger partial charge >= 0.3 is 7.75 Å². The van der Waals surface area contributed by atoms with E-state index < -0.39 is 7.75 Å². The number of nitrogens with one attached hydrogen (secondary N) is 1. The molecule has 0 aromatic heterocycles. The summed E-state index contributed by atoms with van der Waals surface area (Å²) in [6.07, 6.45) is 0. The van der Waals surface area contributed by atoms with E-state index in [1.54, 1.807) is 12.1 Å². The monoisotopic (exact) mass is 281 g/mol. The molecule has 1 atom stereocenters. The van der Waals surface area contributed by atoms with Crippen molar-refractivity contribution in [3.05, 3.63) is 29.3 Å². The molecule has 1 unspecified atom stereocenters. The highest BCUT2D eigenvalue weighted by molar-refractivity contribution is 7.80. The van der Waals surface area contributed by atoms with Gasteiger partial charge in [0.15, 0.2) is 5.11 Å². The largest absolute Gasteiger partial charge is 0.477 e. The van der Waals surface area contributed by atoms with E-state index in [0.29, 0.717) is 5.02 Å². The van der Waals surface area contributed by atoms with Crippen molar-refractivity contribution < 1.29 is 13.7 Å². The predicted molar refractivity (Wildman–Crippen MR) is 64.9 cm³/mol. The molecule has 0 spiro atoms. The van der Waals surface area contributed by atoms with Gasteiger partial charge in [-0.05, 0) is 36.5 Å². The molecular formula is C7H9ClN3O3PS. The fourth-order valence-electron chi connectivity index (χ4n) is 0.770. The standard InChI is InChI=1S/C7H9ClN3O3PS/c8-5-1-3-6(4-2-5)13-15(10,12)14-11-7(9)16/h1-4H,(H2,10,12)(H3,9,11,16). The van der Waals surface area contributed by atoms with Crippen LogP contribution in [0, 0.1) is 0 Å². The molecule has 0 bridgehead atoms. The van der Waals surface area contributed by atoms with Gasteiger partial charge in [-0.3, -0.25) is 0 Å². The van der Waals surface area contributed by atoms with E-state index in [9.17, 15) is 4.57 Å². The molecule has 0 aliphatic carbocycles. The van der Waals surface area contributed by atoms with Crippen molar-refractivity contribution in [2.75, 3.05) is 0 Å². The van der Waals surface area contributed by atoms with Crippen LogP contribution in [-0.2, 0) is 9.19 Å². The highest BCUT2D eigenvalue weighted by atomic mass is 35.5. The number of halogens is 1. The molecule has 16 heavy (non-hydrogen) atoms. The quantitative estimate of drug-likeness (QED) is 0.437. The van der Waals surface area contributed by atoms with Crippen LogP contribution in [0.5, 0.6) is 5.75 Å². The predicted octanol–water partition coefficient (Wildman–Crippen LogP) is 1.55. The molecule has 9 heteroatoms. The first-order valence-electron chi connectivity index (χ1n) is 3.97. The first kappa shape index (κ1) is 13.2. The highest BCUT2D eigenvalue weighted by Crippen LogP contribution is 2.38. The van der Waals surface area contributed by atoms with E-state index in [1.807, 2.05) is 5.48 Å². The maximum Gasteiger partial charge on any atom is 0.477 e. The second-order valence-electron chi connectivity index (χ2n) is 2.64. The lowest BCUT2D eigenvalue weighted by Gasteiger charge is -2.14. The van der Waals surface area contributed by atoms with Gasteiger partial charge in [0.05, 0.1) is 0 Å². The third-order valence-electron chi connectivity index (χ3n) is 1.32. The minimum atomic E-state index is -3.81. The Morgan fingerprint density at radius 1 is 1.44 bits per heavy atom. The van der Waals surface area contributed by atoms with Crippen LogP contribution in [0.3, 0.4) is 0 Å². The van der Waals surface area contributed by atoms with Crippen LogP contribution in [0.1, 0.15) is 0 Å². The number of nitrogens with two attached hydrogens (primary N) is 2. The first-order valence-corrected chi connectivity index (χ1v) is 6.37. The second kappa shape index (κ2) is 5.47. The zero-order chi connectivity index (χ0) is 12.2. The van der Waals surface area contributed by atoms with Crippen molar-refractivity contribution in [3.8, 4) is 5.75 Å². The van der Waals surface area contributed by atoms with E-state index in [0.717, 1.165) is 0 Å². The van der Waals surface area contributed by atoms with Gasteiger partial charge in [-0.15, -0.1) is 0 Å². The highest BCUT2D eigenvalue weighted by Gasteiger charge is 2.20. The lowest BCUT2D eigenvalue weighted by molar-refractivity contribution is 0.223. The van der Waals surface area contributed by atoms with Crippen LogP contribution in [0.4, 0.5) is 0 Å². The zero-order valence-electron chi connectivity index (χ0n) is 7.92. The van der Waals surface area contributed by atoms with Crippen LogP contribution in [-0.4, -0.2) is 5.11 Å². The van der Waals surface area contributed by atoms with Gasteiger partial charge < -0.3 is 10.3 Å². The number of hydrogen-bond acceptors (Lipinski definition) is 4. The van der Waals surface area contributed by atoms with Crippen LogP contribution in [0.2, 0.25) is 5.02 Å². The minimum absolute atomic E-state index is 0.203. The second-order valence-corrected chi connectivity index (χ2v) is 4.96. The van der Waals surface area contributed by atoms with Crippen molar-refractivity contribution in [2.24, 2.45) is 11.2 Å². The zero-order valence-corrected chi connectivity index (χ0v) is 10.4. The van der Waals surface area contributed by atoms with Crippen molar-refractivity contribution in [1.29, 1.82) is 0 Å². The van der Waals surface area contributed by atoms with Gasteiger partial charge in [-0.2, -0.15) is 4.62 Å². The third kappa shape index (κ3) is 4.78.